The Morgan fingerprint density at radius 3 is 2.74 bits per heavy atom. The van der Waals surface area contributed by atoms with Crippen molar-refractivity contribution in [2.24, 2.45) is 17.6 Å². The lowest BCUT2D eigenvalue weighted by Gasteiger charge is -2.16. The number of carbonyl (C=O) groups is 1. The normalized spacial score (nSPS) is 12.5. The van der Waals surface area contributed by atoms with Gasteiger partial charge in [0, 0.05) is 13.1 Å². The standard InChI is InChI=1S/C15H23FN2O/c1-11(2)8-13(10-17)15(19)18-7-6-12-4-3-5-14(16)9-12/h3-5,9,11,13H,6-8,10,17H2,1-2H3,(H,18,19). The van der Waals surface area contributed by atoms with Crippen LogP contribution in [-0.2, 0) is 11.2 Å². The van der Waals surface area contributed by atoms with Gasteiger partial charge in [-0.1, -0.05) is 26.0 Å². The van der Waals surface area contributed by atoms with Gasteiger partial charge >= 0.3 is 0 Å². The van der Waals surface area contributed by atoms with Crippen LogP contribution in [0.15, 0.2) is 24.3 Å². The third-order valence-corrected chi connectivity index (χ3v) is 3.01. The summed E-state index contributed by atoms with van der Waals surface area (Å²) in [7, 11) is 0. The van der Waals surface area contributed by atoms with Gasteiger partial charge in [0.15, 0.2) is 0 Å². The molecule has 4 heteroatoms. The molecule has 0 fully saturated rings. The van der Waals surface area contributed by atoms with E-state index in [1.54, 1.807) is 6.07 Å². The van der Waals surface area contributed by atoms with Crippen molar-refractivity contribution in [1.82, 2.24) is 5.32 Å². The number of hydrogen-bond donors (Lipinski definition) is 2. The summed E-state index contributed by atoms with van der Waals surface area (Å²) in [6.45, 7) is 5.02. The van der Waals surface area contributed by atoms with Crippen molar-refractivity contribution in [3.8, 4) is 0 Å². The highest BCUT2D eigenvalue weighted by molar-refractivity contribution is 5.78. The molecule has 1 aromatic carbocycles. The Labute approximate surface area is 114 Å². The number of rotatable bonds is 7. The molecule has 0 heterocycles. The van der Waals surface area contributed by atoms with Gasteiger partial charge in [-0.25, -0.2) is 4.39 Å². The van der Waals surface area contributed by atoms with Crippen molar-refractivity contribution in [3.05, 3.63) is 35.6 Å². The minimum Gasteiger partial charge on any atom is -0.355 e. The summed E-state index contributed by atoms with van der Waals surface area (Å²) < 4.78 is 13.0. The van der Waals surface area contributed by atoms with E-state index in [0.29, 0.717) is 25.4 Å². The third-order valence-electron chi connectivity index (χ3n) is 3.01. The van der Waals surface area contributed by atoms with Crippen LogP contribution in [0.4, 0.5) is 4.39 Å². The van der Waals surface area contributed by atoms with Gasteiger partial charge in [-0.05, 0) is 36.5 Å². The molecule has 0 aliphatic rings. The largest absolute Gasteiger partial charge is 0.355 e. The van der Waals surface area contributed by atoms with Crippen LogP contribution in [0, 0.1) is 17.7 Å². The van der Waals surface area contributed by atoms with Crippen molar-refractivity contribution < 1.29 is 9.18 Å². The van der Waals surface area contributed by atoms with Crippen LogP contribution in [0.3, 0.4) is 0 Å². The zero-order chi connectivity index (χ0) is 14.3. The van der Waals surface area contributed by atoms with Crippen LogP contribution >= 0.6 is 0 Å². The summed E-state index contributed by atoms with van der Waals surface area (Å²) in [4.78, 5) is 11.9. The van der Waals surface area contributed by atoms with E-state index in [0.717, 1.165) is 12.0 Å². The van der Waals surface area contributed by atoms with Gasteiger partial charge in [-0.15, -0.1) is 0 Å². The van der Waals surface area contributed by atoms with Crippen LogP contribution in [0.1, 0.15) is 25.8 Å². The molecule has 1 aromatic rings. The quantitative estimate of drug-likeness (QED) is 0.794. The molecule has 0 aromatic heterocycles. The SMILES string of the molecule is CC(C)CC(CN)C(=O)NCCc1cccc(F)c1. The molecule has 1 unspecified atom stereocenters. The first-order valence-electron chi connectivity index (χ1n) is 6.75. The van der Waals surface area contributed by atoms with Crippen molar-refractivity contribution in [2.75, 3.05) is 13.1 Å². The molecular formula is C15H23FN2O. The Morgan fingerprint density at radius 1 is 1.42 bits per heavy atom. The minimum atomic E-state index is -0.247. The Kier molecular flexibility index (Phi) is 6.50. The number of nitrogens with one attached hydrogen (secondary N) is 1. The van der Waals surface area contributed by atoms with Crippen molar-refractivity contribution >= 4 is 5.91 Å². The maximum absolute atomic E-state index is 13.0. The van der Waals surface area contributed by atoms with Gasteiger partial charge in [-0.2, -0.15) is 0 Å². The zero-order valence-corrected chi connectivity index (χ0v) is 11.7. The number of carbonyl (C=O) groups excluding carboxylic acids is 1. The molecule has 0 saturated heterocycles. The van der Waals surface area contributed by atoms with Crippen LogP contribution < -0.4 is 11.1 Å². The first-order valence-corrected chi connectivity index (χ1v) is 6.75. The summed E-state index contributed by atoms with van der Waals surface area (Å²) in [5.74, 6) is 0.0612. The van der Waals surface area contributed by atoms with E-state index in [9.17, 15) is 9.18 Å². The average molecular weight is 266 g/mol. The molecular weight excluding hydrogens is 243 g/mol. The predicted molar refractivity (Wildman–Crippen MR) is 75.1 cm³/mol. The molecule has 3 N–H and O–H groups in total. The van der Waals surface area contributed by atoms with Crippen LogP contribution in [0.2, 0.25) is 0 Å². The number of amides is 1. The summed E-state index contributed by atoms with van der Waals surface area (Å²) >= 11 is 0. The molecule has 0 saturated carbocycles. The van der Waals surface area contributed by atoms with Gasteiger partial charge in [0.1, 0.15) is 5.82 Å². The molecule has 1 rings (SSSR count). The van der Waals surface area contributed by atoms with E-state index in [4.69, 9.17) is 5.73 Å². The molecule has 106 valence electrons. The van der Waals surface area contributed by atoms with E-state index in [-0.39, 0.29) is 17.6 Å². The number of nitrogens with two attached hydrogens (primary N) is 1. The van der Waals surface area contributed by atoms with Crippen molar-refractivity contribution in [1.29, 1.82) is 0 Å². The Balaban J connectivity index is 2.37. The highest BCUT2D eigenvalue weighted by Crippen LogP contribution is 2.10. The Hall–Kier alpha value is -1.42. The number of halogens is 1. The second kappa shape index (κ2) is 7.89. The smallest absolute Gasteiger partial charge is 0.224 e. The first kappa shape index (κ1) is 15.6. The van der Waals surface area contributed by atoms with E-state index >= 15 is 0 Å². The lowest BCUT2D eigenvalue weighted by Crippen LogP contribution is -2.36. The molecule has 19 heavy (non-hydrogen) atoms. The number of hydrogen-bond acceptors (Lipinski definition) is 2. The van der Waals surface area contributed by atoms with Gasteiger partial charge in [0.2, 0.25) is 5.91 Å². The molecule has 0 radical (unpaired) electrons. The molecule has 0 aliphatic carbocycles. The van der Waals surface area contributed by atoms with Crippen LogP contribution in [0.5, 0.6) is 0 Å². The predicted octanol–water partition coefficient (Wildman–Crippen LogP) is 2.11. The summed E-state index contributed by atoms with van der Waals surface area (Å²) in [6, 6.07) is 6.42. The van der Waals surface area contributed by atoms with Crippen LogP contribution in [0.25, 0.3) is 0 Å². The second-order valence-electron chi connectivity index (χ2n) is 5.23. The van der Waals surface area contributed by atoms with E-state index in [1.165, 1.54) is 12.1 Å². The third kappa shape index (κ3) is 5.83. The lowest BCUT2D eigenvalue weighted by atomic mass is 9.96. The minimum absolute atomic E-state index is 0.00685. The highest BCUT2D eigenvalue weighted by atomic mass is 19.1. The molecule has 0 spiro atoms. The summed E-state index contributed by atoms with van der Waals surface area (Å²) in [5, 5.41) is 2.87. The topological polar surface area (TPSA) is 55.1 Å². The highest BCUT2D eigenvalue weighted by Gasteiger charge is 2.17. The fraction of sp³-hybridized carbons (Fsp3) is 0.533. The lowest BCUT2D eigenvalue weighted by molar-refractivity contribution is -0.125. The molecule has 0 bridgehead atoms. The van der Waals surface area contributed by atoms with E-state index in [2.05, 4.69) is 19.2 Å². The van der Waals surface area contributed by atoms with Crippen LogP contribution in [-0.4, -0.2) is 19.0 Å². The molecule has 3 nitrogen and oxygen atoms in total. The van der Waals surface area contributed by atoms with Gasteiger partial charge < -0.3 is 11.1 Å². The first-order chi connectivity index (χ1) is 9.02. The summed E-state index contributed by atoms with van der Waals surface area (Å²) in [6.07, 6.45) is 1.42. The zero-order valence-electron chi connectivity index (χ0n) is 11.7. The summed E-state index contributed by atoms with van der Waals surface area (Å²) in [5.41, 5.74) is 6.50. The van der Waals surface area contributed by atoms with E-state index < -0.39 is 0 Å². The van der Waals surface area contributed by atoms with Gasteiger partial charge in [-0.3, -0.25) is 4.79 Å². The van der Waals surface area contributed by atoms with Gasteiger partial charge in [0.05, 0.1) is 5.92 Å². The Morgan fingerprint density at radius 2 is 2.16 bits per heavy atom. The maximum Gasteiger partial charge on any atom is 0.224 e. The number of benzene rings is 1. The van der Waals surface area contributed by atoms with Crippen molar-refractivity contribution in [3.63, 3.8) is 0 Å². The van der Waals surface area contributed by atoms with Gasteiger partial charge in [0.25, 0.3) is 0 Å². The molecule has 1 atom stereocenters. The van der Waals surface area contributed by atoms with Crippen molar-refractivity contribution in [2.45, 2.75) is 26.7 Å². The second-order valence-corrected chi connectivity index (χ2v) is 5.23. The maximum atomic E-state index is 13.0. The van der Waals surface area contributed by atoms with E-state index in [1.807, 2.05) is 6.07 Å². The monoisotopic (exact) mass is 266 g/mol. The molecule has 0 aliphatic heterocycles. The average Bonchev–Trinajstić information content (AvgIpc) is 2.35. The molecule has 1 amide bonds. The fourth-order valence-corrected chi connectivity index (χ4v) is 2.05. The fourth-order valence-electron chi connectivity index (χ4n) is 2.05. The Bertz CT molecular complexity index is 407.